The molecule has 41 heavy (non-hydrogen) atoms. The first-order chi connectivity index (χ1) is 20.0. The average molecular weight is 592 g/mol. The van der Waals surface area contributed by atoms with Crippen molar-refractivity contribution in [2.45, 2.75) is 40.0 Å². The Morgan fingerprint density at radius 2 is 1.66 bits per heavy atom. The number of carbonyl (C=O) groups excluding carboxylic acids is 1. The summed E-state index contributed by atoms with van der Waals surface area (Å²) in [6.45, 7) is 8.43. The van der Waals surface area contributed by atoms with Gasteiger partial charge in [-0.15, -0.1) is 20.4 Å². The number of rotatable bonds is 12. The summed E-state index contributed by atoms with van der Waals surface area (Å²) in [7, 11) is 0. The molecule has 2 aromatic heterocycles. The zero-order chi connectivity index (χ0) is 28.6. The van der Waals surface area contributed by atoms with Crippen LogP contribution in [0.15, 0.2) is 58.8 Å². The lowest BCUT2D eigenvalue weighted by atomic mass is 10.2. The summed E-state index contributed by atoms with van der Waals surface area (Å²) in [5.74, 6) is -0.333. The van der Waals surface area contributed by atoms with Crippen LogP contribution in [0.25, 0.3) is 0 Å². The van der Waals surface area contributed by atoms with Crippen molar-refractivity contribution in [2.24, 2.45) is 10.2 Å². The van der Waals surface area contributed by atoms with E-state index in [0.29, 0.717) is 16.7 Å². The van der Waals surface area contributed by atoms with Gasteiger partial charge in [-0.25, -0.2) is 0 Å². The van der Waals surface area contributed by atoms with E-state index in [1.807, 2.05) is 37.3 Å². The number of nitrogens with one attached hydrogen (secondary N) is 4. The molecule has 3 heterocycles. The molecule has 214 valence electrons. The van der Waals surface area contributed by atoms with Gasteiger partial charge in [0.2, 0.25) is 0 Å². The molecule has 2 aromatic carbocycles. The number of aryl methyl sites for hydroxylation is 2. The van der Waals surface area contributed by atoms with Crippen LogP contribution in [-0.4, -0.2) is 35.9 Å². The molecule has 1 aliphatic heterocycles. The van der Waals surface area contributed by atoms with Crippen LogP contribution < -0.4 is 26.6 Å². The number of ether oxygens (including phenoxy) is 1. The SMILES string of the molecule is CCOC(=O)Cc1nnc(N=Nc2ccc(NNc3ccc(NNc4ccc(N5CCCC5)s4)cc3C)cc2C)s1. The number of benzene rings is 2. The molecule has 0 bridgehead atoms. The van der Waals surface area contributed by atoms with E-state index >= 15 is 0 Å². The van der Waals surface area contributed by atoms with Gasteiger partial charge in [-0.05, 0) is 93.3 Å². The molecule has 0 unspecified atom stereocenters. The van der Waals surface area contributed by atoms with Crippen molar-refractivity contribution in [1.82, 2.24) is 10.2 Å². The predicted octanol–water partition coefficient (Wildman–Crippen LogP) is 7.22. The topological polar surface area (TPSA) is 128 Å². The molecule has 1 fully saturated rings. The van der Waals surface area contributed by atoms with Crippen molar-refractivity contribution >= 4 is 66.5 Å². The minimum atomic E-state index is -0.333. The zero-order valence-electron chi connectivity index (χ0n) is 23.2. The van der Waals surface area contributed by atoms with Crippen LogP contribution in [0.1, 0.15) is 35.9 Å². The molecule has 0 atom stereocenters. The number of esters is 1. The normalized spacial score (nSPS) is 13.0. The number of hydrogen-bond donors (Lipinski definition) is 4. The molecule has 11 nitrogen and oxygen atoms in total. The Labute approximate surface area is 247 Å². The van der Waals surface area contributed by atoms with Crippen molar-refractivity contribution in [3.63, 3.8) is 0 Å². The van der Waals surface area contributed by atoms with Gasteiger partial charge in [-0.3, -0.25) is 10.2 Å². The summed E-state index contributed by atoms with van der Waals surface area (Å²) in [5, 5.41) is 19.8. The van der Waals surface area contributed by atoms with Crippen LogP contribution in [0, 0.1) is 13.8 Å². The molecule has 0 amide bonds. The van der Waals surface area contributed by atoms with Gasteiger partial charge in [-0.2, -0.15) is 0 Å². The van der Waals surface area contributed by atoms with Crippen LogP contribution in [0.4, 0.5) is 37.9 Å². The van der Waals surface area contributed by atoms with E-state index in [0.717, 1.165) is 52.0 Å². The smallest absolute Gasteiger partial charge is 0.312 e. The summed E-state index contributed by atoms with van der Waals surface area (Å²) in [5.41, 5.74) is 18.8. The van der Waals surface area contributed by atoms with Gasteiger partial charge in [0, 0.05) is 13.1 Å². The Morgan fingerprint density at radius 1 is 0.902 bits per heavy atom. The first kappa shape index (κ1) is 28.3. The molecule has 0 aliphatic carbocycles. The number of nitrogens with zero attached hydrogens (tertiary/aromatic N) is 5. The van der Waals surface area contributed by atoms with Crippen LogP contribution in [-0.2, 0) is 16.0 Å². The third-order valence-electron chi connectivity index (χ3n) is 6.40. The lowest BCUT2D eigenvalue weighted by Gasteiger charge is -2.15. The third-order valence-corrected chi connectivity index (χ3v) is 8.27. The first-order valence-corrected chi connectivity index (χ1v) is 15.1. The summed E-state index contributed by atoms with van der Waals surface area (Å²) < 4.78 is 4.94. The second-order valence-electron chi connectivity index (χ2n) is 9.52. The maximum atomic E-state index is 11.6. The van der Waals surface area contributed by atoms with Gasteiger partial charge in [0.1, 0.15) is 10.0 Å². The quantitative estimate of drug-likeness (QED) is 0.0767. The van der Waals surface area contributed by atoms with Crippen LogP contribution in [0.3, 0.4) is 0 Å². The van der Waals surface area contributed by atoms with E-state index in [-0.39, 0.29) is 12.4 Å². The number of azo groups is 1. The van der Waals surface area contributed by atoms with E-state index in [1.165, 1.54) is 29.2 Å². The number of hydrazine groups is 2. The Morgan fingerprint density at radius 3 is 2.41 bits per heavy atom. The monoisotopic (exact) mass is 591 g/mol. The van der Waals surface area contributed by atoms with Crippen molar-refractivity contribution in [1.29, 1.82) is 0 Å². The standard InChI is InChI=1S/C28H33N9O2S2/c1-4-39-27(38)17-25-34-36-28(41-25)35-32-23-10-7-20(15-19(23)3)29-31-22-9-8-21(16-18(22)2)30-33-24-11-12-26(40-24)37-13-5-6-14-37/h7-12,15-16,29-31,33H,4-6,13-14,17H2,1-3H3. The van der Waals surface area contributed by atoms with E-state index in [1.54, 1.807) is 18.3 Å². The molecule has 0 radical (unpaired) electrons. The van der Waals surface area contributed by atoms with E-state index < -0.39 is 0 Å². The molecule has 4 N–H and O–H groups in total. The maximum Gasteiger partial charge on any atom is 0.312 e. The van der Waals surface area contributed by atoms with Crippen molar-refractivity contribution in [2.75, 3.05) is 46.3 Å². The Balaban J connectivity index is 1.11. The van der Waals surface area contributed by atoms with Crippen LogP contribution in [0.5, 0.6) is 0 Å². The lowest BCUT2D eigenvalue weighted by molar-refractivity contribution is -0.142. The van der Waals surface area contributed by atoms with Gasteiger partial charge < -0.3 is 25.9 Å². The molecule has 0 saturated carbocycles. The largest absolute Gasteiger partial charge is 0.466 e. The summed E-state index contributed by atoms with van der Waals surface area (Å²) in [6.07, 6.45) is 2.63. The number of anilines is 5. The van der Waals surface area contributed by atoms with Crippen LogP contribution >= 0.6 is 22.7 Å². The molecule has 13 heteroatoms. The Hall–Kier alpha value is -4.23. The van der Waals surface area contributed by atoms with Crippen molar-refractivity contribution in [3.8, 4) is 0 Å². The van der Waals surface area contributed by atoms with E-state index in [9.17, 15) is 4.79 Å². The van der Waals surface area contributed by atoms with Gasteiger partial charge >= 0.3 is 5.97 Å². The highest BCUT2D eigenvalue weighted by atomic mass is 32.1. The van der Waals surface area contributed by atoms with Gasteiger partial charge in [0.05, 0.1) is 40.8 Å². The van der Waals surface area contributed by atoms with E-state index in [2.05, 4.69) is 72.2 Å². The highest BCUT2D eigenvalue weighted by Crippen LogP contribution is 2.32. The molecular weight excluding hydrogens is 559 g/mol. The van der Waals surface area contributed by atoms with E-state index in [4.69, 9.17) is 4.74 Å². The fourth-order valence-electron chi connectivity index (χ4n) is 4.29. The molecule has 1 saturated heterocycles. The predicted molar refractivity (Wildman–Crippen MR) is 167 cm³/mol. The Bertz CT molecular complexity index is 1510. The highest BCUT2D eigenvalue weighted by Gasteiger charge is 2.14. The maximum absolute atomic E-state index is 11.6. The number of thiophene rings is 1. The average Bonchev–Trinajstić information content (AvgIpc) is 3.73. The van der Waals surface area contributed by atoms with Crippen LogP contribution in [0.2, 0.25) is 0 Å². The fourth-order valence-corrected chi connectivity index (χ4v) is 5.85. The number of hydrogen-bond acceptors (Lipinski definition) is 13. The second-order valence-corrected chi connectivity index (χ2v) is 11.6. The molecule has 1 aliphatic rings. The van der Waals surface area contributed by atoms with Crippen molar-refractivity contribution in [3.05, 3.63) is 64.7 Å². The van der Waals surface area contributed by atoms with Gasteiger partial charge in [0.15, 0.2) is 0 Å². The minimum Gasteiger partial charge on any atom is -0.466 e. The highest BCUT2D eigenvalue weighted by molar-refractivity contribution is 7.20. The lowest BCUT2D eigenvalue weighted by Crippen LogP contribution is -2.15. The fraction of sp³-hybridized carbons (Fsp3) is 0.321. The first-order valence-electron chi connectivity index (χ1n) is 13.5. The summed E-state index contributed by atoms with van der Waals surface area (Å²) >= 11 is 2.98. The van der Waals surface area contributed by atoms with Gasteiger partial charge in [-0.1, -0.05) is 22.7 Å². The van der Waals surface area contributed by atoms with Gasteiger partial charge in [0.25, 0.3) is 5.13 Å². The number of aromatic nitrogens is 2. The molecular formula is C28H33N9O2S2. The summed E-state index contributed by atoms with van der Waals surface area (Å²) in [6, 6.07) is 16.2. The molecule has 4 aromatic rings. The minimum absolute atomic E-state index is 0.0812. The summed E-state index contributed by atoms with van der Waals surface area (Å²) in [4.78, 5) is 14.1. The molecule has 0 spiro atoms. The zero-order valence-corrected chi connectivity index (χ0v) is 24.9. The molecule has 5 rings (SSSR count). The number of carbonyl (C=O) groups is 1. The second kappa shape index (κ2) is 13.4. The van der Waals surface area contributed by atoms with Crippen molar-refractivity contribution < 1.29 is 9.53 Å². The third kappa shape index (κ3) is 7.70. The Kier molecular flexibility index (Phi) is 9.26.